The predicted molar refractivity (Wildman–Crippen MR) is 114 cm³/mol. The summed E-state index contributed by atoms with van der Waals surface area (Å²) in [5.74, 6) is 1.08. The van der Waals surface area contributed by atoms with Crippen LogP contribution in [0, 0.1) is 0 Å². The van der Waals surface area contributed by atoms with Gasteiger partial charge in [-0.15, -0.1) is 0 Å². The van der Waals surface area contributed by atoms with Gasteiger partial charge in [0.15, 0.2) is 5.96 Å². The van der Waals surface area contributed by atoms with Crippen molar-refractivity contribution in [1.82, 2.24) is 0 Å². The molecule has 4 N–H and O–H groups in total. The highest BCUT2D eigenvalue weighted by Crippen LogP contribution is 2.49. The molecule has 3 rings (SSSR count). The number of hydrogen-bond acceptors (Lipinski definition) is 4. The molecule has 0 atom stereocenters. The smallest absolute Gasteiger partial charge is 0.185 e. The summed E-state index contributed by atoms with van der Waals surface area (Å²) in [6.07, 6.45) is 4.36. The number of guanidine groups is 1. The first-order chi connectivity index (χ1) is 13.2. The molecule has 0 spiro atoms. The van der Waals surface area contributed by atoms with Gasteiger partial charge in [0.2, 0.25) is 0 Å². The van der Waals surface area contributed by atoms with Crippen molar-refractivity contribution in [2.45, 2.75) is 42.4 Å². The molecule has 2 aromatic rings. The summed E-state index contributed by atoms with van der Waals surface area (Å²) in [7, 11) is 0. The first-order valence-corrected chi connectivity index (χ1v) is 10.4. The van der Waals surface area contributed by atoms with Crippen molar-refractivity contribution in [1.29, 1.82) is 0 Å². The first kappa shape index (κ1) is 19.4. The Balaban J connectivity index is 1.79. The van der Waals surface area contributed by atoms with Crippen LogP contribution in [-0.4, -0.2) is 25.7 Å². The van der Waals surface area contributed by atoms with E-state index in [4.69, 9.17) is 16.2 Å². The van der Waals surface area contributed by atoms with Gasteiger partial charge in [0.1, 0.15) is 5.75 Å². The monoisotopic (exact) mass is 384 g/mol. The minimum absolute atomic E-state index is 0.146. The molecule has 2 aromatic carbocycles. The van der Waals surface area contributed by atoms with Gasteiger partial charge in [0.05, 0.1) is 18.0 Å². The van der Waals surface area contributed by atoms with E-state index in [1.807, 2.05) is 0 Å². The van der Waals surface area contributed by atoms with Crippen LogP contribution in [0.2, 0.25) is 0 Å². The number of nitrogens with two attached hydrogens (primary N) is 2. The van der Waals surface area contributed by atoms with Crippen molar-refractivity contribution in [2.24, 2.45) is 16.5 Å². The van der Waals surface area contributed by atoms with Crippen molar-refractivity contribution in [3.63, 3.8) is 0 Å². The molecular formula is C21H28N4OS. The summed E-state index contributed by atoms with van der Waals surface area (Å²) >= 11 is 1.81. The van der Waals surface area contributed by atoms with Crippen LogP contribution >= 0.6 is 11.8 Å². The van der Waals surface area contributed by atoms with Gasteiger partial charge < -0.3 is 21.1 Å². The van der Waals surface area contributed by atoms with Crippen molar-refractivity contribution < 1.29 is 4.74 Å². The Bertz CT molecular complexity index is 790. The van der Waals surface area contributed by atoms with E-state index < -0.39 is 0 Å². The molecule has 0 aromatic heterocycles. The van der Waals surface area contributed by atoms with E-state index in [-0.39, 0.29) is 5.96 Å². The molecule has 1 aliphatic heterocycles. The lowest BCUT2D eigenvalue weighted by molar-refractivity contribution is 0.306. The zero-order valence-corrected chi connectivity index (χ0v) is 16.7. The van der Waals surface area contributed by atoms with Gasteiger partial charge in [-0.1, -0.05) is 43.7 Å². The lowest BCUT2D eigenvalue weighted by Crippen LogP contribution is -2.25. The quantitative estimate of drug-likeness (QED) is 0.377. The molecule has 6 heteroatoms. The average molecular weight is 385 g/mol. The van der Waals surface area contributed by atoms with E-state index in [1.54, 1.807) is 11.8 Å². The number of ether oxygens (including phenoxy) is 1. The lowest BCUT2D eigenvalue weighted by Gasteiger charge is -2.33. The van der Waals surface area contributed by atoms with Gasteiger partial charge in [-0.2, -0.15) is 0 Å². The fraction of sp³-hybridized carbons (Fsp3) is 0.381. The van der Waals surface area contributed by atoms with Crippen LogP contribution in [0.25, 0.3) is 0 Å². The summed E-state index contributed by atoms with van der Waals surface area (Å²) in [6.45, 7) is 4.44. The highest BCUT2D eigenvalue weighted by Gasteiger charge is 2.23. The molecular weight excluding hydrogens is 356 g/mol. The van der Waals surface area contributed by atoms with E-state index in [9.17, 15) is 0 Å². The maximum atomic E-state index is 5.98. The molecule has 0 unspecified atom stereocenters. The number of rotatable bonds is 9. The van der Waals surface area contributed by atoms with E-state index in [0.717, 1.165) is 31.7 Å². The Labute approximate surface area is 165 Å². The van der Waals surface area contributed by atoms with E-state index in [1.165, 1.54) is 34.0 Å². The maximum absolute atomic E-state index is 5.98. The molecule has 1 heterocycles. The predicted octanol–water partition coefficient (Wildman–Crippen LogP) is 4.52. The van der Waals surface area contributed by atoms with E-state index in [2.05, 4.69) is 59.3 Å². The van der Waals surface area contributed by atoms with Crippen molar-refractivity contribution in [3.8, 4) is 5.75 Å². The minimum Gasteiger partial charge on any atom is -0.494 e. The largest absolute Gasteiger partial charge is 0.494 e. The Morgan fingerprint density at radius 1 is 1.04 bits per heavy atom. The summed E-state index contributed by atoms with van der Waals surface area (Å²) < 4.78 is 5.98. The number of hydrogen-bond donors (Lipinski definition) is 2. The normalized spacial score (nSPS) is 12.3. The summed E-state index contributed by atoms with van der Waals surface area (Å²) in [5, 5.41) is 0. The standard InChI is InChI=1S/C21H28N4OS/c1-2-3-6-14-26-16-10-11-20-18(15-16)25(13-7-12-24-21(22)23)17-8-4-5-9-19(17)27-20/h4-5,8-11,15H,2-3,6-7,12-14H2,1H3,(H4,22,23,24). The Kier molecular flexibility index (Phi) is 6.87. The Morgan fingerprint density at radius 3 is 2.67 bits per heavy atom. The molecule has 0 aliphatic carbocycles. The van der Waals surface area contributed by atoms with E-state index in [0.29, 0.717) is 6.54 Å². The van der Waals surface area contributed by atoms with Gasteiger partial charge >= 0.3 is 0 Å². The maximum Gasteiger partial charge on any atom is 0.185 e. The first-order valence-electron chi connectivity index (χ1n) is 9.55. The molecule has 0 fully saturated rings. The zero-order valence-electron chi connectivity index (χ0n) is 15.9. The fourth-order valence-corrected chi connectivity index (χ4v) is 4.19. The number of anilines is 2. The third kappa shape index (κ3) is 5.10. The molecule has 0 amide bonds. The van der Waals surface area contributed by atoms with Crippen LogP contribution in [0.3, 0.4) is 0 Å². The van der Waals surface area contributed by atoms with E-state index >= 15 is 0 Å². The molecule has 144 valence electrons. The highest BCUT2D eigenvalue weighted by molar-refractivity contribution is 7.99. The lowest BCUT2D eigenvalue weighted by atomic mass is 10.2. The number of benzene rings is 2. The van der Waals surface area contributed by atoms with Crippen LogP contribution < -0.4 is 21.1 Å². The van der Waals surface area contributed by atoms with Crippen molar-refractivity contribution in [2.75, 3.05) is 24.6 Å². The summed E-state index contributed by atoms with van der Waals surface area (Å²) in [4.78, 5) is 8.98. The number of aliphatic imine (C=N–C) groups is 1. The number of fused-ring (bicyclic) bond motifs is 2. The second kappa shape index (κ2) is 9.55. The number of nitrogens with zero attached hydrogens (tertiary/aromatic N) is 2. The SMILES string of the molecule is CCCCCOc1ccc2c(c1)N(CCCN=C(N)N)c1ccccc1S2. The topological polar surface area (TPSA) is 76.9 Å². The minimum atomic E-state index is 0.146. The summed E-state index contributed by atoms with van der Waals surface area (Å²) in [5.41, 5.74) is 13.3. The van der Waals surface area contributed by atoms with Gasteiger partial charge in [-0.3, -0.25) is 4.99 Å². The van der Waals surface area contributed by atoms with Crippen molar-refractivity contribution in [3.05, 3.63) is 42.5 Å². The van der Waals surface area contributed by atoms with Crippen LogP contribution in [0.5, 0.6) is 5.75 Å². The molecule has 0 radical (unpaired) electrons. The highest BCUT2D eigenvalue weighted by atomic mass is 32.2. The van der Waals surface area contributed by atoms with Crippen LogP contribution in [0.15, 0.2) is 57.2 Å². The van der Waals surface area contributed by atoms with Gasteiger partial charge in [0, 0.05) is 28.9 Å². The molecule has 0 saturated heterocycles. The molecule has 0 bridgehead atoms. The van der Waals surface area contributed by atoms with Crippen LogP contribution in [-0.2, 0) is 0 Å². The Morgan fingerprint density at radius 2 is 1.85 bits per heavy atom. The number of unbranched alkanes of at least 4 members (excludes halogenated alkanes) is 2. The number of para-hydroxylation sites is 1. The van der Waals surface area contributed by atoms with Crippen LogP contribution in [0.1, 0.15) is 32.6 Å². The van der Waals surface area contributed by atoms with Crippen molar-refractivity contribution >= 4 is 29.1 Å². The zero-order chi connectivity index (χ0) is 19.1. The van der Waals surface area contributed by atoms with Gasteiger partial charge in [-0.25, -0.2) is 0 Å². The second-order valence-electron chi connectivity index (χ2n) is 6.57. The van der Waals surface area contributed by atoms with Crippen LogP contribution in [0.4, 0.5) is 11.4 Å². The third-order valence-electron chi connectivity index (χ3n) is 4.45. The molecule has 0 saturated carbocycles. The average Bonchev–Trinajstić information content (AvgIpc) is 2.67. The van der Waals surface area contributed by atoms with Gasteiger partial charge in [0.25, 0.3) is 0 Å². The molecule has 1 aliphatic rings. The summed E-state index contributed by atoms with van der Waals surface area (Å²) in [6, 6.07) is 14.9. The van der Waals surface area contributed by atoms with Gasteiger partial charge in [-0.05, 0) is 37.1 Å². The Hall–Kier alpha value is -2.34. The second-order valence-corrected chi connectivity index (χ2v) is 7.65. The third-order valence-corrected chi connectivity index (χ3v) is 5.58. The fourth-order valence-electron chi connectivity index (χ4n) is 3.12. The molecule has 5 nitrogen and oxygen atoms in total. The molecule has 27 heavy (non-hydrogen) atoms.